The summed E-state index contributed by atoms with van der Waals surface area (Å²) in [7, 11) is 0. The highest BCUT2D eigenvalue weighted by Gasteiger charge is 2.17. The third-order valence-electron chi connectivity index (χ3n) is 10.0. The van der Waals surface area contributed by atoms with Crippen LogP contribution in [-0.4, -0.2) is 4.98 Å². The molecule has 9 aromatic carbocycles. The SMILES string of the molecule is N#Cc1ccc(-c2cc3c(-c4ccc(-c5ccc6ccc7cccc8ccc5c6c78)cc4)nc4ccccc4c3c3ccccc23)cc1. The number of aromatic nitrogens is 1. The predicted molar refractivity (Wildman–Crippen MR) is 201 cm³/mol. The lowest BCUT2D eigenvalue weighted by Crippen LogP contribution is -1.93. The number of rotatable bonds is 3. The first-order valence-corrected chi connectivity index (χ1v) is 16.3. The van der Waals surface area contributed by atoms with E-state index in [1.807, 2.05) is 24.3 Å². The quantitative estimate of drug-likeness (QED) is 0.188. The zero-order valence-corrected chi connectivity index (χ0v) is 25.9. The first-order valence-electron chi connectivity index (χ1n) is 16.3. The fourth-order valence-corrected chi connectivity index (χ4v) is 7.79. The van der Waals surface area contributed by atoms with Gasteiger partial charge in [0.15, 0.2) is 0 Å². The summed E-state index contributed by atoms with van der Waals surface area (Å²) < 4.78 is 0. The first kappa shape index (κ1) is 26.6. The molecule has 0 amide bonds. The summed E-state index contributed by atoms with van der Waals surface area (Å²) in [6.07, 6.45) is 0. The lowest BCUT2D eigenvalue weighted by atomic mass is 9.88. The average Bonchev–Trinajstić information content (AvgIpc) is 3.16. The van der Waals surface area contributed by atoms with Gasteiger partial charge in [0, 0.05) is 21.7 Å². The molecule has 0 saturated heterocycles. The average molecular weight is 607 g/mol. The van der Waals surface area contributed by atoms with Gasteiger partial charge in [0.2, 0.25) is 0 Å². The van der Waals surface area contributed by atoms with Crippen molar-refractivity contribution in [3.8, 4) is 39.6 Å². The third-order valence-corrected chi connectivity index (χ3v) is 10.0. The van der Waals surface area contributed by atoms with E-state index in [0.717, 1.165) is 38.7 Å². The van der Waals surface area contributed by atoms with Crippen molar-refractivity contribution < 1.29 is 0 Å². The third kappa shape index (κ3) is 3.89. The Morgan fingerprint density at radius 3 is 1.77 bits per heavy atom. The van der Waals surface area contributed by atoms with Crippen LogP contribution < -0.4 is 0 Å². The summed E-state index contributed by atoms with van der Waals surface area (Å²) in [6, 6.07) is 58.5. The van der Waals surface area contributed by atoms with Crippen molar-refractivity contribution in [2.45, 2.75) is 0 Å². The Hall–Kier alpha value is -6.56. The van der Waals surface area contributed by atoms with Crippen LogP contribution in [0.15, 0.2) is 158 Å². The van der Waals surface area contributed by atoms with E-state index in [9.17, 15) is 5.26 Å². The number of hydrogen-bond donors (Lipinski definition) is 0. The highest BCUT2D eigenvalue weighted by Crippen LogP contribution is 2.43. The van der Waals surface area contributed by atoms with Crippen molar-refractivity contribution in [2.75, 3.05) is 0 Å². The molecule has 10 rings (SSSR count). The van der Waals surface area contributed by atoms with E-state index in [4.69, 9.17) is 4.98 Å². The molecule has 0 fully saturated rings. The van der Waals surface area contributed by atoms with Crippen LogP contribution >= 0.6 is 0 Å². The number of pyridine rings is 1. The first-order chi connectivity index (χ1) is 23.7. The van der Waals surface area contributed by atoms with Gasteiger partial charge in [-0.15, -0.1) is 0 Å². The van der Waals surface area contributed by atoms with Crippen LogP contribution in [0.4, 0.5) is 0 Å². The van der Waals surface area contributed by atoms with Crippen molar-refractivity contribution in [3.05, 3.63) is 163 Å². The smallest absolute Gasteiger partial charge is 0.0991 e. The predicted octanol–water partition coefficient (Wildman–Crippen LogP) is 12.3. The van der Waals surface area contributed by atoms with Gasteiger partial charge in [0.1, 0.15) is 0 Å². The molecule has 220 valence electrons. The lowest BCUT2D eigenvalue weighted by Gasteiger charge is -2.17. The van der Waals surface area contributed by atoms with Crippen molar-refractivity contribution in [2.24, 2.45) is 0 Å². The summed E-state index contributed by atoms with van der Waals surface area (Å²) >= 11 is 0. The molecule has 0 bridgehead atoms. The van der Waals surface area contributed by atoms with Crippen LogP contribution in [0.25, 0.3) is 98.3 Å². The van der Waals surface area contributed by atoms with E-state index in [1.165, 1.54) is 59.6 Å². The van der Waals surface area contributed by atoms with E-state index in [2.05, 4.69) is 140 Å². The maximum atomic E-state index is 9.43. The molecule has 48 heavy (non-hydrogen) atoms. The van der Waals surface area contributed by atoms with E-state index in [0.29, 0.717) is 5.56 Å². The van der Waals surface area contributed by atoms with E-state index < -0.39 is 0 Å². The van der Waals surface area contributed by atoms with Gasteiger partial charge in [0.05, 0.1) is 22.8 Å². The van der Waals surface area contributed by atoms with Crippen LogP contribution in [0.5, 0.6) is 0 Å². The highest BCUT2D eigenvalue weighted by molar-refractivity contribution is 6.26. The Kier molecular flexibility index (Phi) is 5.67. The number of nitriles is 1. The van der Waals surface area contributed by atoms with Crippen LogP contribution in [-0.2, 0) is 0 Å². The molecular formula is C46H26N2. The number of hydrogen-bond acceptors (Lipinski definition) is 2. The zero-order chi connectivity index (χ0) is 31.8. The van der Waals surface area contributed by atoms with Gasteiger partial charge in [0.25, 0.3) is 0 Å². The minimum absolute atomic E-state index is 0.655. The molecule has 0 spiro atoms. The summed E-state index contributed by atoms with van der Waals surface area (Å²) in [5.41, 5.74) is 8.30. The van der Waals surface area contributed by atoms with Crippen LogP contribution in [0.1, 0.15) is 5.56 Å². The molecule has 0 unspecified atom stereocenters. The Morgan fingerprint density at radius 2 is 1.00 bits per heavy atom. The molecular weight excluding hydrogens is 581 g/mol. The van der Waals surface area contributed by atoms with Gasteiger partial charge >= 0.3 is 0 Å². The maximum absolute atomic E-state index is 9.43. The van der Waals surface area contributed by atoms with Crippen LogP contribution in [0, 0.1) is 11.3 Å². The number of para-hydroxylation sites is 1. The molecule has 0 atom stereocenters. The second-order valence-electron chi connectivity index (χ2n) is 12.6. The fraction of sp³-hybridized carbons (Fsp3) is 0. The van der Waals surface area contributed by atoms with Crippen LogP contribution in [0.3, 0.4) is 0 Å². The summed E-state index contributed by atoms with van der Waals surface area (Å²) in [5.74, 6) is 0. The number of benzene rings is 9. The molecule has 0 N–H and O–H groups in total. The maximum Gasteiger partial charge on any atom is 0.0991 e. The molecule has 0 aliphatic rings. The standard InChI is InChI=1S/C46H26N2/c47-27-28-12-14-30(15-13-28)40-26-41-45(37-9-2-1-8-36(37)40)39-10-3-4-11-42(39)48-46(41)34-20-16-29(17-21-34)35-24-22-33-19-18-31-6-5-7-32-23-25-38(35)44(33)43(31)32/h1-26H. The summed E-state index contributed by atoms with van der Waals surface area (Å²) in [5, 5.41) is 23.0. The van der Waals surface area contributed by atoms with Gasteiger partial charge in [-0.2, -0.15) is 5.26 Å². The lowest BCUT2D eigenvalue weighted by molar-refractivity contribution is 1.43. The van der Waals surface area contributed by atoms with Crippen molar-refractivity contribution in [1.82, 2.24) is 4.98 Å². The molecule has 10 aromatic rings. The van der Waals surface area contributed by atoms with E-state index in [-0.39, 0.29) is 0 Å². The second-order valence-corrected chi connectivity index (χ2v) is 12.6. The fourth-order valence-electron chi connectivity index (χ4n) is 7.79. The Bertz CT molecular complexity index is 2910. The molecule has 0 saturated carbocycles. The number of nitrogens with zero attached hydrogens (tertiary/aromatic N) is 2. The molecule has 2 heteroatoms. The largest absolute Gasteiger partial charge is 0.247 e. The molecule has 0 radical (unpaired) electrons. The van der Waals surface area contributed by atoms with Gasteiger partial charge in [-0.3, -0.25) is 0 Å². The monoisotopic (exact) mass is 606 g/mol. The Labute approximate surface area is 277 Å². The second kappa shape index (κ2) is 10.2. The zero-order valence-electron chi connectivity index (χ0n) is 25.9. The summed E-state index contributed by atoms with van der Waals surface area (Å²) in [4.78, 5) is 5.31. The van der Waals surface area contributed by atoms with Crippen LogP contribution in [0.2, 0.25) is 0 Å². The molecule has 1 heterocycles. The van der Waals surface area contributed by atoms with Crippen molar-refractivity contribution >= 4 is 64.8 Å². The van der Waals surface area contributed by atoms with Gasteiger partial charge in [-0.25, -0.2) is 4.98 Å². The molecule has 0 aliphatic heterocycles. The topological polar surface area (TPSA) is 36.7 Å². The summed E-state index contributed by atoms with van der Waals surface area (Å²) in [6.45, 7) is 0. The highest BCUT2D eigenvalue weighted by atomic mass is 14.7. The van der Waals surface area contributed by atoms with Gasteiger partial charge in [-0.05, 0) is 89.6 Å². The van der Waals surface area contributed by atoms with Gasteiger partial charge in [-0.1, -0.05) is 133 Å². The normalized spacial score (nSPS) is 11.7. The Balaban J connectivity index is 1.20. The minimum Gasteiger partial charge on any atom is -0.247 e. The molecule has 2 nitrogen and oxygen atoms in total. The van der Waals surface area contributed by atoms with Crippen molar-refractivity contribution in [1.29, 1.82) is 5.26 Å². The minimum atomic E-state index is 0.655. The number of fused-ring (bicyclic) bond motifs is 5. The molecule has 1 aromatic heterocycles. The van der Waals surface area contributed by atoms with Crippen molar-refractivity contribution in [3.63, 3.8) is 0 Å². The molecule has 0 aliphatic carbocycles. The van der Waals surface area contributed by atoms with E-state index >= 15 is 0 Å². The Morgan fingerprint density at radius 1 is 0.396 bits per heavy atom. The van der Waals surface area contributed by atoms with E-state index in [1.54, 1.807) is 0 Å². The van der Waals surface area contributed by atoms with Gasteiger partial charge < -0.3 is 0 Å².